The van der Waals surface area contributed by atoms with Crippen molar-refractivity contribution in [1.29, 1.82) is 0 Å². The smallest absolute Gasteiger partial charge is 0.215 e. The van der Waals surface area contributed by atoms with Gasteiger partial charge in [-0.25, -0.2) is 17.5 Å². The van der Waals surface area contributed by atoms with Crippen molar-refractivity contribution < 1.29 is 17.5 Å². The summed E-state index contributed by atoms with van der Waals surface area (Å²) >= 11 is 0. The third-order valence-electron chi connectivity index (χ3n) is 4.82. The maximum absolute atomic E-state index is 12.9. The van der Waals surface area contributed by atoms with Crippen LogP contribution >= 0.6 is 0 Å². The van der Waals surface area contributed by atoms with E-state index in [1.54, 1.807) is 7.11 Å². The molecule has 8 heteroatoms. The number of piperazine rings is 1. The number of ether oxygens (including phenoxy) is 1. The Kier molecular flexibility index (Phi) is 6.88. The van der Waals surface area contributed by atoms with Crippen LogP contribution < -0.4 is 14.4 Å². The van der Waals surface area contributed by atoms with E-state index in [1.807, 2.05) is 18.2 Å². The zero-order valence-electron chi connectivity index (χ0n) is 16.0. The first-order chi connectivity index (χ1) is 13.5. The molecular weight excluding hydrogens is 381 g/mol. The summed E-state index contributed by atoms with van der Waals surface area (Å²) in [5, 5.41) is 0. The van der Waals surface area contributed by atoms with E-state index in [0.29, 0.717) is 18.7 Å². The molecule has 0 aliphatic carbocycles. The lowest BCUT2D eigenvalue weighted by molar-refractivity contribution is 0.261. The number of benzene rings is 2. The van der Waals surface area contributed by atoms with Gasteiger partial charge in [-0.05, 0) is 29.8 Å². The molecule has 3 rings (SSSR count). The Balaban J connectivity index is 1.43. The van der Waals surface area contributed by atoms with Gasteiger partial charge in [0.15, 0.2) is 0 Å². The number of para-hydroxylation sites is 2. The molecule has 0 atom stereocenters. The van der Waals surface area contributed by atoms with E-state index in [0.717, 1.165) is 37.6 Å². The highest BCUT2D eigenvalue weighted by Gasteiger charge is 2.20. The summed E-state index contributed by atoms with van der Waals surface area (Å²) in [6.45, 7) is 4.46. The van der Waals surface area contributed by atoms with E-state index >= 15 is 0 Å². The van der Waals surface area contributed by atoms with E-state index in [9.17, 15) is 12.8 Å². The zero-order valence-corrected chi connectivity index (χ0v) is 16.8. The van der Waals surface area contributed by atoms with E-state index in [2.05, 4.69) is 20.6 Å². The predicted octanol–water partition coefficient (Wildman–Crippen LogP) is 2.08. The molecule has 2 aromatic carbocycles. The Morgan fingerprint density at radius 2 is 1.71 bits per heavy atom. The van der Waals surface area contributed by atoms with Crippen molar-refractivity contribution in [3.8, 4) is 5.75 Å². The highest BCUT2D eigenvalue weighted by Crippen LogP contribution is 2.28. The number of nitrogens with zero attached hydrogens (tertiary/aromatic N) is 2. The molecular formula is C20H26FN3O3S. The first kappa shape index (κ1) is 20.6. The minimum Gasteiger partial charge on any atom is -0.495 e. The lowest BCUT2D eigenvalue weighted by atomic mass is 10.2. The maximum atomic E-state index is 12.9. The van der Waals surface area contributed by atoms with Gasteiger partial charge in [0.1, 0.15) is 11.6 Å². The second-order valence-electron chi connectivity index (χ2n) is 6.78. The van der Waals surface area contributed by atoms with Crippen molar-refractivity contribution in [3.63, 3.8) is 0 Å². The van der Waals surface area contributed by atoms with Crippen molar-refractivity contribution in [3.05, 3.63) is 59.9 Å². The minimum absolute atomic E-state index is 0.144. The number of rotatable bonds is 8. The van der Waals surface area contributed by atoms with Crippen LogP contribution in [-0.2, 0) is 15.8 Å². The number of methoxy groups -OCH3 is 1. The number of hydrogen-bond donors (Lipinski definition) is 1. The average Bonchev–Trinajstić information content (AvgIpc) is 2.70. The summed E-state index contributed by atoms with van der Waals surface area (Å²) in [4.78, 5) is 4.53. The molecule has 152 valence electrons. The molecule has 1 N–H and O–H groups in total. The third-order valence-corrected chi connectivity index (χ3v) is 6.18. The van der Waals surface area contributed by atoms with Crippen LogP contribution in [0.3, 0.4) is 0 Å². The van der Waals surface area contributed by atoms with Crippen molar-refractivity contribution >= 4 is 15.7 Å². The van der Waals surface area contributed by atoms with Crippen molar-refractivity contribution in [2.75, 3.05) is 51.3 Å². The van der Waals surface area contributed by atoms with Crippen LogP contribution in [0.5, 0.6) is 5.75 Å². The molecule has 0 spiro atoms. The zero-order chi connectivity index (χ0) is 20.0. The molecule has 0 aromatic heterocycles. The fourth-order valence-corrected chi connectivity index (χ4v) is 4.45. The van der Waals surface area contributed by atoms with Gasteiger partial charge >= 0.3 is 0 Å². The quantitative estimate of drug-likeness (QED) is 0.726. The van der Waals surface area contributed by atoms with Crippen LogP contribution in [0, 0.1) is 5.82 Å². The Hall–Kier alpha value is -2.16. The Morgan fingerprint density at radius 1 is 1.04 bits per heavy atom. The van der Waals surface area contributed by atoms with Gasteiger partial charge in [0, 0.05) is 39.3 Å². The number of anilines is 1. The molecule has 6 nitrogen and oxygen atoms in total. The second-order valence-corrected chi connectivity index (χ2v) is 8.59. The Bertz CT molecular complexity index is 867. The van der Waals surface area contributed by atoms with Crippen molar-refractivity contribution in [2.24, 2.45) is 0 Å². The molecule has 1 fully saturated rings. The average molecular weight is 408 g/mol. The van der Waals surface area contributed by atoms with Crippen LogP contribution in [0.2, 0.25) is 0 Å². The largest absolute Gasteiger partial charge is 0.495 e. The fourth-order valence-electron chi connectivity index (χ4n) is 3.31. The summed E-state index contributed by atoms with van der Waals surface area (Å²) in [5.41, 5.74) is 1.66. The highest BCUT2D eigenvalue weighted by molar-refractivity contribution is 7.88. The summed E-state index contributed by atoms with van der Waals surface area (Å²) in [6.07, 6.45) is 0. The van der Waals surface area contributed by atoms with E-state index in [-0.39, 0.29) is 11.6 Å². The SMILES string of the molecule is COc1ccccc1N1CCN(CCNS(=O)(=O)Cc2ccc(F)cc2)CC1. The van der Waals surface area contributed by atoms with Crippen LogP contribution in [0.1, 0.15) is 5.56 Å². The van der Waals surface area contributed by atoms with E-state index in [1.165, 1.54) is 24.3 Å². The summed E-state index contributed by atoms with van der Waals surface area (Å²) in [5.74, 6) is 0.348. The van der Waals surface area contributed by atoms with Crippen LogP contribution in [-0.4, -0.2) is 59.7 Å². The van der Waals surface area contributed by atoms with Gasteiger partial charge in [0.05, 0.1) is 18.6 Å². The lowest BCUT2D eigenvalue weighted by Crippen LogP contribution is -2.48. The molecule has 1 heterocycles. The lowest BCUT2D eigenvalue weighted by Gasteiger charge is -2.36. The first-order valence-electron chi connectivity index (χ1n) is 9.29. The number of sulfonamides is 1. The topological polar surface area (TPSA) is 61.9 Å². The van der Waals surface area contributed by atoms with Gasteiger partial charge in [-0.1, -0.05) is 24.3 Å². The van der Waals surface area contributed by atoms with E-state index in [4.69, 9.17) is 4.74 Å². The molecule has 1 saturated heterocycles. The molecule has 0 unspecified atom stereocenters. The summed E-state index contributed by atoms with van der Waals surface area (Å²) < 4.78 is 45.4. The Labute approximate surface area is 166 Å². The maximum Gasteiger partial charge on any atom is 0.215 e. The van der Waals surface area contributed by atoms with Crippen molar-refractivity contribution in [2.45, 2.75) is 5.75 Å². The molecule has 2 aromatic rings. The van der Waals surface area contributed by atoms with Gasteiger partial charge in [0.25, 0.3) is 0 Å². The molecule has 0 radical (unpaired) electrons. The molecule has 0 bridgehead atoms. The van der Waals surface area contributed by atoms with Gasteiger partial charge in [0.2, 0.25) is 10.0 Å². The van der Waals surface area contributed by atoms with Gasteiger partial charge in [-0.2, -0.15) is 0 Å². The number of nitrogens with one attached hydrogen (secondary N) is 1. The highest BCUT2D eigenvalue weighted by atomic mass is 32.2. The van der Waals surface area contributed by atoms with Gasteiger partial charge in [-0.3, -0.25) is 4.90 Å². The monoisotopic (exact) mass is 407 g/mol. The van der Waals surface area contributed by atoms with Crippen LogP contribution in [0.4, 0.5) is 10.1 Å². The predicted molar refractivity (Wildman–Crippen MR) is 109 cm³/mol. The molecule has 28 heavy (non-hydrogen) atoms. The van der Waals surface area contributed by atoms with Crippen LogP contribution in [0.25, 0.3) is 0 Å². The van der Waals surface area contributed by atoms with Crippen molar-refractivity contribution in [1.82, 2.24) is 9.62 Å². The van der Waals surface area contributed by atoms with E-state index < -0.39 is 10.0 Å². The minimum atomic E-state index is -3.44. The normalized spacial score (nSPS) is 15.6. The first-order valence-corrected chi connectivity index (χ1v) is 10.9. The summed E-state index contributed by atoms with van der Waals surface area (Å²) in [7, 11) is -1.76. The fraction of sp³-hybridized carbons (Fsp3) is 0.400. The molecule has 1 aliphatic heterocycles. The second kappa shape index (κ2) is 9.36. The summed E-state index contributed by atoms with van der Waals surface area (Å²) in [6, 6.07) is 13.5. The van der Waals surface area contributed by atoms with Gasteiger partial charge < -0.3 is 9.64 Å². The number of hydrogen-bond acceptors (Lipinski definition) is 5. The standard InChI is InChI=1S/C20H26FN3O3S/c1-27-20-5-3-2-4-19(20)24-14-12-23(13-15-24)11-10-22-28(25,26)16-17-6-8-18(21)9-7-17/h2-9,22H,10-16H2,1H3. The number of halogens is 1. The molecule has 0 amide bonds. The van der Waals surface area contributed by atoms with Gasteiger partial charge in [-0.15, -0.1) is 0 Å². The molecule has 1 aliphatic rings. The Morgan fingerprint density at radius 3 is 2.39 bits per heavy atom. The molecule has 0 saturated carbocycles. The van der Waals surface area contributed by atoms with Crippen LogP contribution in [0.15, 0.2) is 48.5 Å². The third kappa shape index (κ3) is 5.67.